The Morgan fingerprint density at radius 1 is 1.29 bits per heavy atom. The highest BCUT2D eigenvalue weighted by Crippen LogP contribution is 2.33. The van der Waals surface area contributed by atoms with Crippen molar-refractivity contribution in [3.8, 4) is 0 Å². The molecular weight excluding hydrogens is 212 g/mol. The predicted molar refractivity (Wildman–Crippen MR) is 65.6 cm³/mol. The number of fused-ring (bicyclic) bond motifs is 1. The van der Waals surface area contributed by atoms with Gasteiger partial charge in [0.05, 0.1) is 0 Å². The van der Waals surface area contributed by atoms with Gasteiger partial charge >= 0.3 is 0 Å². The van der Waals surface area contributed by atoms with E-state index in [0.717, 1.165) is 17.9 Å². The van der Waals surface area contributed by atoms with Crippen LogP contribution in [0.1, 0.15) is 25.0 Å². The van der Waals surface area contributed by atoms with Crippen LogP contribution in [0.5, 0.6) is 0 Å². The molecule has 1 aromatic heterocycles. The van der Waals surface area contributed by atoms with Gasteiger partial charge in [-0.25, -0.2) is 0 Å². The Morgan fingerprint density at radius 3 is 2.71 bits per heavy atom. The van der Waals surface area contributed by atoms with E-state index >= 15 is 0 Å². The van der Waals surface area contributed by atoms with E-state index in [4.69, 9.17) is 11.6 Å². The Kier molecular flexibility index (Phi) is 2.80. The minimum Gasteiger partial charge on any atom is -0.143 e. The highest BCUT2D eigenvalue weighted by molar-refractivity contribution is 7.17. The second-order valence-electron chi connectivity index (χ2n) is 3.37. The number of halogens is 1. The first-order chi connectivity index (χ1) is 6.77. The maximum atomic E-state index is 6.35. The van der Waals surface area contributed by atoms with E-state index in [1.165, 1.54) is 21.2 Å². The van der Waals surface area contributed by atoms with Gasteiger partial charge in [0.15, 0.2) is 0 Å². The average Bonchev–Trinajstić information content (AvgIpc) is 2.64. The fourth-order valence-electron chi connectivity index (χ4n) is 1.80. The molecule has 0 radical (unpaired) electrons. The van der Waals surface area contributed by atoms with Crippen LogP contribution >= 0.6 is 22.9 Å². The fourth-order valence-corrected chi connectivity index (χ4v) is 3.27. The molecule has 74 valence electrons. The Hall–Kier alpha value is -0.530. The molecule has 1 aromatic carbocycles. The van der Waals surface area contributed by atoms with Crippen molar-refractivity contribution in [1.29, 1.82) is 0 Å². The topological polar surface area (TPSA) is 0 Å². The lowest BCUT2D eigenvalue weighted by molar-refractivity contribution is 1.11. The van der Waals surface area contributed by atoms with Crippen molar-refractivity contribution in [1.82, 2.24) is 0 Å². The smallest absolute Gasteiger partial charge is 0.0484 e. The molecule has 0 saturated heterocycles. The molecular formula is C12H13ClS. The van der Waals surface area contributed by atoms with Crippen molar-refractivity contribution in [2.45, 2.75) is 26.7 Å². The molecule has 0 bridgehead atoms. The van der Waals surface area contributed by atoms with Gasteiger partial charge in [-0.3, -0.25) is 0 Å². The van der Waals surface area contributed by atoms with Crippen LogP contribution in [0.15, 0.2) is 17.5 Å². The quantitative estimate of drug-likeness (QED) is 0.695. The van der Waals surface area contributed by atoms with E-state index in [0.29, 0.717) is 0 Å². The van der Waals surface area contributed by atoms with Crippen molar-refractivity contribution in [3.63, 3.8) is 0 Å². The third kappa shape index (κ3) is 1.45. The third-order valence-corrected chi connectivity index (χ3v) is 4.04. The summed E-state index contributed by atoms with van der Waals surface area (Å²) < 4.78 is 1.36. The molecule has 0 atom stereocenters. The summed E-state index contributed by atoms with van der Waals surface area (Å²) in [6, 6.07) is 4.39. The summed E-state index contributed by atoms with van der Waals surface area (Å²) in [5, 5.41) is 4.46. The maximum Gasteiger partial charge on any atom is 0.0484 e. The van der Waals surface area contributed by atoms with Crippen molar-refractivity contribution in [2.24, 2.45) is 0 Å². The molecule has 1 heterocycles. The van der Waals surface area contributed by atoms with Crippen LogP contribution in [0.3, 0.4) is 0 Å². The molecule has 0 nitrogen and oxygen atoms in total. The van der Waals surface area contributed by atoms with Gasteiger partial charge in [-0.1, -0.05) is 25.4 Å². The van der Waals surface area contributed by atoms with Crippen LogP contribution in [0.4, 0.5) is 0 Å². The molecule has 2 rings (SSSR count). The van der Waals surface area contributed by atoms with Crippen LogP contribution in [0.2, 0.25) is 5.02 Å². The highest BCUT2D eigenvalue weighted by Gasteiger charge is 2.09. The Bertz CT molecular complexity index is 457. The molecule has 0 aliphatic rings. The Labute approximate surface area is 93.5 Å². The largest absolute Gasteiger partial charge is 0.143 e. The minimum atomic E-state index is 0.977. The zero-order valence-electron chi connectivity index (χ0n) is 8.43. The SMILES string of the molecule is CCc1cc2ccsc2c(CC)c1Cl. The van der Waals surface area contributed by atoms with Crippen molar-refractivity contribution < 1.29 is 0 Å². The molecule has 0 saturated carbocycles. The van der Waals surface area contributed by atoms with Crippen molar-refractivity contribution >= 4 is 33.0 Å². The molecule has 14 heavy (non-hydrogen) atoms. The molecule has 2 aromatic rings. The molecule has 0 spiro atoms. The normalized spacial score (nSPS) is 11.1. The lowest BCUT2D eigenvalue weighted by atomic mass is 10.0. The summed E-state index contributed by atoms with van der Waals surface area (Å²) in [5.74, 6) is 0. The zero-order chi connectivity index (χ0) is 10.1. The maximum absolute atomic E-state index is 6.35. The summed E-state index contributed by atoms with van der Waals surface area (Å²) >= 11 is 8.14. The van der Waals surface area contributed by atoms with Crippen LogP contribution in [-0.2, 0) is 12.8 Å². The first-order valence-corrected chi connectivity index (χ1v) is 6.21. The first kappa shape index (κ1) is 10.0. The summed E-state index contributed by atoms with van der Waals surface area (Å²) in [4.78, 5) is 0. The van der Waals surface area contributed by atoms with E-state index in [2.05, 4.69) is 31.4 Å². The van der Waals surface area contributed by atoms with E-state index in [1.807, 2.05) is 0 Å². The molecule has 0 N–H and O–H groups in total. The van der Waals surface area contributed by atoms with Gasteiger partial charge in [0.25, 0.3) is 0 Å². The second kappa shape index (κ2) is 3.92. The molecule has 2 heteroatoms. The lowest BCUT2D eigenvalue weighted by Crippen LogP contribution is -1.89. The molecule has 0 fully saturated rings. The van der Waals surface area contributed by atoms with E-state index in [9.17, 15) is 0 Å². The van der Waals surface area contributed by atoms with Gasteiger partial charge in [-0.2, -0.15) is 0 Å². The third-order valence-electron chi connectivity index (χ3n) is 2.58. The first-order valence-electron chi connectivity index (χ1n) is 4.95. The number of hydrogen-bond acceptors (Lipinski definition) is 1. The Morgan fingerprint density at radius 2 is 2.07 bits per heavy atom. The van der Waals surface area contributed by atoms with Gasteiger partial charge in [-0.05, 0) is 46.9 Å². The second-order valence-corrected chi connectivity index (χ2v) is 4.67. The minimum absolute atomic E-state index is 0.977. The van der Waals surface area contributed by atoms with E-state index < -0.39 is 0 Å². The lowest BCUT2D eigenvalue weighted by Gasteiger charge is -2.08. The summed E-state index contributed by atoms with van der Waals surface area (Å²) in [6.07, 6.45) is 2.03. The molecule has 0 unspecified atom stereocenters. The van der Waals surface area contributed by atoms with Gasteiger partial charge in [0.2, 0.25) is 0 Å². The van der Waals surface area contributed by atoms with Crippen molar-refractivity contribution in [3.05, 3.63) is 33.7 Å². The standard InChI is InChI=1S/C12H13ClS/c1-3-8-7-9-5-6-14-12(9)10(4-2)11(8)13/h5-7H,3-4H2,1-2H3. The Balaban J connectivity index is 2.80. The van der Waals surface area contributed by atoms with Crippen molar-refractivity contribution in [2.75, 3.05) is 0 Å². The number of rotatable bonds is 2. The number of aryl methyl sites for hydroxylation is 2. The summed E-state index contributed by atoms with van der Waals surface area (Å²) in [5.41, 5.74) is 2.59. The average molecular weight is 225 g/mol. The predicted octanol–water partition coefficient (Wildman–Crippen LogP) is 4.68. The summed E-state index contributed by atoms with van der Waals surface area (Å²) in [7, 11) is 0. The monoisotopic (exact) mass is 224 g/mol. The fraction of sp³-hybridized carbons (Fsp3) is 0.333. The molecule has 0 aliphatic carbocycles. The van der Waals surface area contributed by atoms with Crippen LogP contribution in [0, 0.1) is 0 Å². The zero-order valence-corrected chi connectivity index (χ0v) is 10.0. The van der Waals surface area contributed by atoms with E-state index in [1.54, 1.807) is 11.3 Å². The highest BCUT2D eigenvalue weighted by atomic mass is 35.5. The number of benzene rings is 1. The van der Waals surface area contributed by atoms with Crippen LogP contribution < -0.4 is 0 Å². The molecule has 0 aliphatic heterocycles. The van der Waals surface area contributed by atoms with Gasteiger partial charge in [0, 0.05) is 9.72 Å². The van der Waals surface area contributed by atoms with Crippen LogP contribution in [0.25, 0.3) is 10.1 Å². The number of hydrogen-bond donors (Lipinski definition) is 0. The summed E-state index contributed by atoms with van der Waals surface area (Å²) in [6.45, 7) is 4.32. The van der Waals surface area contributed by atoms with Crippen LogP contribution in [-0.4, -0.2) is 0 Å². The molecule has 0 amide bonds. The van der Waals surface area contributed by atoms with Gasteiger partial charge in [-0.15, -0.1) is 11.3 Å². The van der Waals surface area contributed by atoms with Gasteiger partial charge < -0.3 is 0 Å². The van der Waals surface area contributed by atoms with E-state index in [-0.39, 0.29) is 0 Å². The number of thiophene rings is 1. The van der Waals surface area contributed by atoms with Gasteiger partial charge in [0.1, 0.15) is 0 Å².